The van der Waals surface area contributed by atoms with Crippen LogP contribution in [0.5, 0.6) is 0 Å². The Morgan fingerprint density at radius 1 is 1.10 bits per heavy atom. The number of nitrogens with zero attached hydrogens (tertiary/aromatic N) is 4. The molecule has 0 radical (unpaired) electrons. The van der Waals surface area contributed by atoms with E-state index in [1.54, 1.807) is 11.8 Å². The smallest absolute Gasteiger partial charge is 0.246 e. The molecule has 1 aromatic heterocycles. The standard InChI is InChI=1S/C23H26N4O2/c1-3-25(18-10-5-4-6-11-18)22(29)16-27-20-13-8-7-12-19(20)24-23(27)21-14-9-15-26(21)17(2)28/h4-8,10-13,21H,3,9,14-16H2,1-2H3/t21-/m1/s1. The fraction of sp³-hybridized carbons (Fsp3) is 0.348. The van der Waals surface area contributed by atoms with E-state index < -0.39 is 0 Å². The number of fused-ring (bicyclic) bond motifs is 1. The minimum Gasteiger partial charge on any atom is -0.333 e. The Kier molecular flexibility index (Phi) is 5.34. The molecule has 2 heterocycles. The second kappa shape index (κ2) is 8.07. The minimum atomic E-state index is -0.0838. The van der Waals surface area contributed by atoms with Crippen LogP contribution in [0.3, 0.4) is 0 Å². The number of likely N-dealkylation sites (tertiary alicyclic amines) is 1. The van der Waals surface area contributed by atoms with Crippen molar-refractivity contribution in [3.8, 4) is 0 Å². The Morgan fingerprint density at radius 2 is 1.83 bits per heavy atom. The van der Waals surface area contributed by atoms with E-state index in [-0.39, 0.29) is 24.4 Å². The Balaban J connectivity index is 1.73. The molecule has 1 fully saturated rings. The molecule has 1 aliphatic heterocycles. The highest BCUT2D eigenvalue weighted by atomic mass is 16.2. The summed E-state index contributed by atoms with van der Waals surface area (Å²) in [6, 6.07) is 17.5. The topological polar surface area (TPSA) is 58.4 Å². The summed E-state index contributed by atoms with van der Waals surface area (Å²) in [6.07, 6.45) is 1.82. The van der Waals surface area contributed by atoms with E-state index in [4.69, 9.17) is 4.98 Å². The molecule has 2 aromatic carbocycles. The van der Waals surface area contributed by atoms with Gasteiger partial charge in [0.05, 0.1) is 17.1 Å². The molecule has 0 spiro atoms. The summed E-state index contributed by atoms with van der Waals surface area (Å²) < 4.78 is 2.00. The first-order valence-electron chi connectivity index (χ1n) is 10.2. The quantitative estimate of drug-likeness (QED) is 0.666. The van der Waals surface area contributed by atoms with Gasteiger partial charge in [-0.05, 0) is 44.0 Å². The molecular weight excluding hydrogens is 364 g/mol. The third-order valence-electron chi connectivity index (χ3n) is 5.62. The van der Waals surface area contributed by atoms with Gasteiger partial charge in [-0.15, -0.1) is 0 Å². The van der Waals surface area contributed by atoms with Crippen LogP contribution < -0.4 is 4.90 Å². The second-order valence-electron chi connectivity index (χ2n) is 7.39. The van der Waals surface area contributed by atoms with Crippen molar-refractivity contribution in [3.63, 3.8) is 0 Å². The van der Waals surface area contributed by atoms with Gasteiger partial charge in [-0.3, -0.25) is 9.59 Å². The monoisotopic (exact) mass is 390 g/mol. The molecule has 0 N–H and O–H groups in total. The van der Waals surface area contributed by atoms with Crippen LogP contribution in [-0.4, -0.2) is 39.4 Å². The predicted molar refractivity (Wildman–Crippen MR) is 114 cm³/mol. The third kappa shape index (κ3) is 3.62. The lowest BCUT2D eigenvalue weighted by atomic mass is 10.2. The Labute approximate surface area is 170 Å². The number of anilines is 1. The van der Waals surface area contributed by atoms with Gasteiger partial charge in [0.25, 0.3) is 0 Å². The van der Waals surface area contributed by atoms with Gasteiger partial charge < -0.3 is 14.4 Å². The number of benzene rings is 2. The average Bonchev–Trinajstić information content (AvgIpc) is 3.35. The van der Waals surface area contributed by atoms with Crippen LogP contribution >= 0.6 is 0 Å². The molecule has 1 aliphatic rings. The van der Waals surface area contributed by atoms with Gasteiger partial charge in [0.1, 0.15) is 12.4 Å². The van der Waals surface area contributed by atoms with Crippen LogP contribution in [0.1, 0.15) is 38.6 Å². The van der Waals surface area contributed by atoms with Gasteiger partial charge in [0, 0.05) is 25.7 Å². The van der Waals surface area contributed by atoms with Crippen LogP contribution in [-0.2, 0) is 16.1 Å². The number of hydrogen-bond donors (Lipinski definition) is 0. The first-order valence-corrected chi connectivity index (χ1v) is 10.2. The summed E-state index contributed by atoms with van der Waals surface area (Å²) in [5.41, 5.74) is 2.67. The van der Waals surface area contributed by atoms with Crippen LogP contribution in [0.25, 0.3) is 11.0 Å². The predicted octanol–water partition coefficient (Wildman–Crippen LogP) is 3.77. The fourth-order valence-electron chi connectivity index (χ4n) is 4.26. The molecule has 0 aliphatic carbocycles. The van der Waals surface area contributed by atoms with Crippen molar-refractivity contribution in [3.05, 3.63) is 60.4 Å². The number of imidazole rings is 1. The second-order valence-corrected chi connectivity index (χ2v) is 7.39. The van der Waals surface area contributed by atoms with E-state index >= 15 is 0 Å². The Bertz CT molecular complexity index is 1030. The highest BCUT2D eigenvalue weighted by Gasteiger charge is 2.32. The number of hydrogen-bond acceptors (Lipinski definition) is 3. The largest absolute Gasteiger partial charge is 0.333 e. The zero-order chi connectivity index (χ0) is 20.4. The van der Waals surface area contributed by atoms with Gasteiger partial charge in [-0.1, -0.05) is 30.3 Å². The fourth-order valence-corrected chi connectivity index (χ4v) is 4.26. The molecule has 3 aromatic rings. The normalized spacial score (nSPS) is 16.3. The van der Waals surface area contributed by atoms with Crippen molar-refractivity contribution in [2.75, 3.05) is 18.0 Å². The molecule has 6 nitrogen and oxygen atoms in total. The molecule has 4 rings (SSSR count). The molecule has 6 heteroatoms. The van der Waals surface area contributed by atoms with Gasteiger partial charge in [-0.2, -0.15) is 0 Å². The molecular formula is C23H26N4O2. The molecule has 0 unspecified atom stereocenters. The number of rotatable bonds is 5. The van der Waals surface area contributed by atoms with Crippen molar-refractivity contribution in [1.29, 1.82) is 0 Å². The van der Waals surface area contributed by atoms with E-state index in [2.05, 4.69) is 0 Å². The molecule has 0 bridgehead atoms. The highest BCUT2D eigenvalue weighted by molar-refractivity contribution is 5.94. The zero-order valence-electron chi connectivity index (χ0n) is 16.9. The summed E-state index contributed by atoms with van der Waals surface area (Å²) in [4.78, 5) is 33.9. The summed E-state index contributed by atoms with van der Waals surface area (Å²) in [5.74, 6) is 0.865. The van der Waals surface area contributed by atoms with E-state index in [0.29, 0.717) is 6.54 Å². The SMILES string of the molecule is CCN(C(=O)Cn1c([C@H]2CCCN2C(C)=O)nc2ccccc21)c1ccccc1. The maximum atomic E-state index is 13.3. The number of para-hydroxylation sites is 3. The summed E-state index contributed by atoms with van der Waals surface area (Å²) in [5, 5.41) is 0. The van der Waals surface area contributed by atoms with E-state index in [0.717, 1.165) is 41.9 Å². The highest BCUT2D eigenvalue weighted by Crippen LogP contribution is 2.33. The lowest BCUT2D eigenvalue weighted by Crippen LogP contribution is -2.35. The maximum absolute atomic E-state index is 13.3. The van der Waals surface area contributed by atoms with Crippen molar-refractivity contribution >= 4 is 28.5 Å². The van der Waals surface area contributed by atoms with E-state index in [1.165, 1.54) is 0 Å². The van der Waals surface area contributed by atoms with Gasteiger partial charge in [0.15, 0.2) is 0 Å². The van der Waals surface area contributed by atoms with Crippen molar-refractivity contribution in [2.45, 2.75) is 39.3 Å². The number of carbonyl (C=O) groups is 2. The minimum absolute atomic E-state index is 0.00970. The summed E-state index contributed by atoms with van der Waals surface area (Å²) in [6.45, 7) is 5.11. The van der Waals surface area contributed by atoms with Crippen molar-refractivity contribution in [2.24, 2.45) is 0 Å². The van der Waals surface area contributed by atoms with Crippen LogP contribution in [0.15, 0.2) is 54.6 Å². The molecule has 1 atom stereocenters. The first-order chi connectivity index (χ1) is 14.1. The summed E-state index contributed by atoms with van der Waals surface area (Å²) in [7, 11) is 0. The van der Waals surface area contributed by atoms with Gasteiger partial charge >= 0.3 is 0 Å². The molecule has 2 amide bonds. The van der Waals surface area contributed by atoms with Gasteiger partial charge in [0.2, 0.25) is 11.8 Å². The third-order valence-corrected chi connectivity index (χ3v) is 5.62. The molecule has 0 saturated carbocycles. The first kappa shape index (κ1) is 19.2. The number of carbonyl (C=O) groups excluding carboxylic acids is 2. The zero-order valence-corrected chi connectivity index (χ0v) is 16.9. The van der Waals surface area contributed by atoms with Gasteiger partial charge in [-0.25, -0.2) is 4.98 Å². The van der Waals surface area contributed by atoms with Crippen LogP contribution in [0, 0.1) is 0 Å². The Morgan fingerprint density at radius 3 is 2.55 bits per heavy atom. The number of aromatic nitrogens is 2. The van der Waals surface area contributed by atoms with Crippen molar-refractivity contribution < 1.29 is 9.59 Å². The average molecular weight is 390 g/mol. The molecule has 150 valence electrons. The lowest BCUT2D eigenvalue weighted by molar-refractivity contribution is -0.129. The Hall–Kier alpha value is -3.15. The number of likely N-dealkylation sites (N-methyl/N-ethyl adjacent to an activating group) is 1. The maximum Gasteiger partial charge on any atom is 0.246 e. The van der Waals surface area contributed by atoms with Crippen LogP contribution in [0.4, 0.5) is 5.69 Å². The van der Waals surface area contributed by atoms with Crippen LogP contribution in [0.2, 0.25) is 0 Å². The van der Waals surface area contributed by atoms with Crippen molar-refractivity contribution in [1.82, 2.24) is 14.5 Å². The van der Waals surface area contributed by atoms with E-state index in [9.17, 15) is 9.59 Å². The summed E-state index contributed by atoms with van der Waals surface area (Å²) >= 11 is 0. The van der Waals surface area contributed by atoms with E-state index in [1.807, 2.05) is 71.0 Å². The molecule has 1 saturated heterocycles. The number of amides is 2. The lowest BCUT2D eigenvalue weighted by Gasteiger charge is -2.25. The molecule has 29 heavy (non-hydrogen) atoms.